The van der Waals surface area contributed by atoms with E-state index in [1.165, 1.54) is 25.7 Å². The number of nitrogens with zero attached hydrogens (tertiary/aromatic N) is 2. The maximum absolute atomic E-state index is 6.04. The quantitative estimate of drug-likeness (QED) is 0.593. The number of nitrogens with two attached hydrogens (primary N) is 1. The minimum Gasteiger partial charge on any atom is -0.387 e. The Morgan fingerprint density at radius 3 is 2.88 bits per heavy atom. The summed E-state index contributed by atoms with van der Waals surface area (Å²) in [5.41, 5.74) is 6.04. The van der Waals surface area contributed by atoms with Gasteiger partial charge in [-0.1, -0.05) is 19.8 Å². The number of hydrogen-bond acceptors (Lipinski definition) is 3. The Balaban J connectivity index is 1.77. The normalized spacial score (nSPS) is 28.8. The molecule has 0 aromatic heterocycles. The van der Waals surface area contributed by atoms with Crippen molar-refractivity contribution in [3.05, 3.63) is 0 Å². The van der Waals surface area contributed by atoms with Gasteiger partial charge >= 0.3 is 0 Å². The summed E-state index contributed by atoms with van der Waals surface area (Å²) in [6.07, 6.45) is 5.31. The molecule has 0 aromatic carbocycles. The van der Waals surface area contributed by atoms with Crippen LogP contribution in [-0.4, -0.2) is 49.6 Å². The first-order chi connectivity index (χ1) is 8.29. The highest BCUT2D eigenvalue weighted by atomic mass is 16.5. The van der Waals surface area contributed by atoms with Crippen molar-refractivity contribution in [2.75, 3.05) is 32.8 Å². The van der Waals surface area contributed by atoms with Crippen molar-refractivity contribution in [1.29, 1.82) is 0 Å². The topological polar surface area (TPSA) is 50.8 Å². The third-order valence-electron chi connectivity index (χ3n) is 3.92. The summed E-state index contributed by atoms with van der Waals surface area (Å²) in [7, 11) is 0. The number of ether oxygens (including phenoxy) is 1. The van der Waals surface area contributed by atoms with E-state index in [1.54, 1.807) is 0 Å². The van der Waals surface area contributed by atoms with Crippen LogP contribution in [0.5, 0.6) is 0 Å². The van der Waals surface area contributed by atoms with Gasteiger partial charge in [0, 0.05) is 19.0 Å². The summed E-state index contributed by atoms with van der Waals surface area (Å²) in [5, 5.41) is 0. The van der Waals surface area contributed by atoms with E-state index in [0.29, 0.717) is 5.92 Å². The minimum absolute atomic E-state index is 0.239. The molecule has 0 amide bonds. The summed E-state index contributed by atoms with van der Waals surface area (Å²) in [6, 6.07) is 0. The largest absolute Gasteiger partial charge is 0.387 e. The van der Waals surface area contributed by atoms with Crippen molar-refractivity contribution in [1.82, 2.24) is 4.90 Å². The molecule has 17 heavy (non-hydrogen) atoms. The first-order valence-corrected chi connectivity index (χ1v) is 6.93. The van der Waals surface area contributed by atoms with Gasteiger partial charge in [0.25, 0.3) is 0 Å². The molecule has 98 valence electrons. The molecule has 1 aliphatic carbocycles. The van der Waals surface area contributed by atoms with Gasteiger partial charge in [-0.3, -0.25) is 9.89 Å². The molecule has 0 radical (unpaired) electrons. The number of aliphatic imine (C=N–C) groups is 1. The Morgan fingerprint density at radius 1 is 1.41 bits per heavy atom. The molecule has 1 atom stereocenters. The summed E-state index contributed by atoms with van der Waals surface area (Å²) in [4.78, 5) is 6.95. The third-order valence-corrected chi connectivity index (χ3v) is 3.92. The van der Waals surface area contributed by atoms with Crippen LogP contribution in [0.4, 0.5) is 0 Å². The monoisotopic (exact) mass is 239 g/mol. The molecule has 0 aromatic rings. The molecule has 1 unspecified atom stereocenters. The molecular weight excluding hydrogens is 214 g/mol. The molecule has 2 aliphatic rings. The van der Waals surface area contributed by atoms with E-state index >= 15 is 0 Å². The highest BCUT2D eigenvalue weighted by Crippen LogP contribution is 2.24. The molecular formula is C13H25N3O. The van der Waals surface area contributed by atoms with Gasteiger partial charge in [-0.2, -0.15) is 0 Å². The van der Waals surface area contributed by atoms with Gasteiger partial charge in [0.05, 0.1) is 25.1 Å². The first kappa shape index (κ1) is 12.8. The van der Waals surface area contributed by atoms with Crippen LogP contribution in [0, 0.1) is 5.92 Å². The van der Waals surface area contributed by atoms with Crippen LogP contribution in [0.2, 0.25) is 0 Å². The van der Waals surface area contributed by atoms with Crippen molar-refractivity contribution in [3.8, 4) is 0 Å². The molecule has 1 heterocycles. The van der Waals surface area contributed by atoms with E-state index in [4.69, 9.17) is 10.5 Å². The van der Waals surface area contributed by atoms with Crippen LogP contribution in [0.25, 0.3) is 0 Å². The van der Waals surface area contributed by atoms with Crippen molar-refractivity contribution < 1.29 is 4.74 Å². The van der Waals surface area contributed by atoms with E-state index in [1.807, 2.05) is 0 Å². The molecule has 2 N–H and O–H groups in total. The second kappa shape index (κ2) is 6.36. The van der Waals surface area contributed by atoms with Crippen LogP contribution >= 0.6 is 0 Å². The molecule has 4 nitrogen and oxygen atoms in total. The number of rotatable bonds is 4. The van der Waals surface area contributed by atoms with Crippen LogP contribution in [-0.2, 0) is 4.74 Å². The van der Waals surface area contributed by atoms with Crippen molar-refractivity contribution >= 4 is 5.84 Å². The summed E-state index contributed by atoms with van der Waals surface area (Å²) in [5.74, 6) is 1.40. The fourth-order valence-corrected chi connectivity index (χ4v) is 2.74. The summed E-state index contributed by atoms with van der Waals surface area (Å²) >= 11 is 0. The zero-order chi connectivity index (χ0) is 12.1. The summed E-state index contributed by atoms with van der Waals surface area (Å²) < 4.78 is 5.72. The van der Waals surface area contributed by atoms with Gasteiger partial charge in [0.15, 0.2) is 0 Å². The van der Waals surface area contributed by atoms with Gasteiger partial charge in [-0.15, -0.1) is 0 Å². The lowest BCUT2D eigenvalue weighted by Crippen LogP contribution is -2.43. The van der Waals surface area contributed by atoms with E-state index in [2.05, 4.69) is 16.8 Å². The van der Waals surface area contributed by atoms with E-state index in [9.17, 15) is 0 Å². The lowest BCUT2D eigenvalue weighted by molar-refractivity contribution is -0.0210. The van der Waals surface area contributed by atoms with Crippen LogP contribution in [0.1, 0.15) is 32.6 Å². The fraction of sp³-hybridized carbons (Fsp3) is 0.923. The Hall–Kier alpha value is -0.610. The average molecular weight is 239 g/mol. The van der Waals surface area contributed by atoms with E-state index < -0.39 is 0 Å². The molecule has 0 spiro atoms. The SMILES string of the molecule is CCN1CCOC(CN=C(N)C2CCCC2)C1. The Labute approximate surface area is 104 Å². The Bertz CT molecular complexity index is 261. The number of amidine groups is 1. The molecule has 2 fully saturated rings. The minimum atomic E-state index is 0.239. The second-order valence-electron chi connectivity index (χ2n) is 5.13. The third kappa shape index (κ3) is 3.68. The number of hydrogen-bond donors (Lipinski definition) is 1. The smallest absolute Gasteiger partial charge is 0.0969 e. The number of likely N-dealkylation sites (N-methyl/N-ethyl adjacent to an activating group) is 1. The van der Waals surface area contributed by atoms with Crippen molar-refractivity contribution in [2.24, 2.45) is 16.6 Å². The molecule has 0 bridgehead atoms. The van der Waals surface area contributed by atoms with E-state index in [0.717, 1.165) is 38.6 Å². The average Bonchev–Trinajstić information content (AvgIpc) is 2.90. The molecule has 1 saturated carbocycles. The Kier molecular flexibility index (Phi) is 4.80. The molecule has 2 rings (SSSR count). The predicted molar refractivity (Wildman–Crippen MR) is 70.3 cm³/mol. The van der Waals surface area contributed by atoms with E-state index in [-0.39, 0.29) is 6.10 Å². The lowest BCUT2D eigenvalue weighted by Gasteiger charge is -2.31. The zero-order valence-corrected chi connectivity index (χ0v) is 10.9. The molecule has 1 saturated heterocycles. The van der Waals surface area contributed by atoms with Gasteiger partial charge in [0.2, 0.25) is 0 Å². The maximum atomic E-state index is 6.04. The van der Waals surface area contributed by atoms with Crippen molar-refractivity contribution in [2.45, 2.75) is 38.7 Å². The van der Waals surface area contributed by atoms with Gasteiger partial charge in [0.1, 0.15) is 0 Å². The Morgan fingerprint density at radius 2 is 2.18 bits per heavy atom. The molecule has 1 aliphatic heterocycles. The second-order valence-corrected chi connectivity index (χ2v) is 5.13. The highest BCUT2D eigenvalue weighted by Gasteiger charge is 2.21. The van der Waals surface area contributed by atoms with Gasteiger partial charge in [-0.05, 0) is 19.4 Å². The van der Waals surface area contributed by atoms with Gasteiger partial charge < -0.3 is 10.5 Å². The lowest BCUT2D eigenvalue weighted by atomic mass is 10.1. The van der Waals surface area contributed by atoms with Crippen LogP contribution in [0.15, 0.2) is 4.99 Å². The van der Waals surface area contributed by atoms with Crippen LogP contribution in [0.3, 0.4) is 0 Å². The van der Waals surface area contributed by atoms with Crippen LogP contribution < -0.4 is 5.73 Å². The highest BCUT2D eigenvalue weighted by molar-refractivity contribution is 5.83. The number of morpholine rings is 1. The summed E-state index contributed by atoms with van der Waals surface area (Å²) in [6.45, 7) is 6.91. The van der Waals surface area contributed by atoms with Gasteiger partial charge in [-0.25, -0.2) is 0 Å². The maximum Gasteiger partial charge on any atom is 0.0969 e. The fourth-order valence-electron chi connectivity index (χ4n) is 2.74. The predicted octanol–water partition coefficient (Wildman–Crippen LogP) is 1.25. The van der Waals surface area contributed by atoms with Crippen molar-refractivity contribution in [3.63, 3.8) is 0 Å². The molecule has 4 heteroatoms. The zero-order valence-electron chi connectivity index (χ0n) is 10.9. The first-order valence-electron chi connectivity index (χ1n) is 6.93. The standard InChI is InChI=1S/C13H25N3O/c1-2-16-7-8-17-12(10-16)9-15-13(14)11-5-3-4-6-11/h11-12H,2-10H2,1H3,(H2,14,15).